The van der Waals surface area contributed by atoms with E-state index < -0.39 is 0 Å². The molecule has 0 aromatic heterocycles. The highest BCUT2D eigenvalue weighted by molar-refractivity contribution is 5.15. The van der Waals surface area contributed by atoms with Crippen molar-refractivity contribution in [2.45, 2.75) is 50.7 Å². The van der Waals surface area contributed by atoms with Crippen LogP contribution < -0.4 is 5.32 Å². The average molecular weight is 247 g/mol. The summed E-state index contributed by atoms with van der Waals surface area (Å²) in [5.41, 5.74) is 1.42. The maximum Gasteiger partial charge on any atom is 0.0575 e. The Hall–Kier alpha value is -0.860. The fourth-order valence-corrected chi connectivity index (χ4v) is 2.67. The second-order valence-electron chi connectivity index (χ2n) is 5.24. The zero-order valence-electron chi connectivity index (χ0n) is 11.4. The molecule has 1 aliphatic rings. The normalized spacial score (nSPS) is 21.7. The van der Waals surface area contributed by atoms with Gasteiger partial charge >= 0.3 is 0 Å². The largest absolute Gasteiger partial charge is 0.378 e. The predicted octanol–water partition coefficient (Wildman–Crippen LogP) is 3.17. The van der Waals surface area contributed by atoms with Gasteiger partial charge in [0.05, 0.1) is 6.10 Å². The standard InChI is InChI=1S/C16H25NO/c1-17-15(13-14-7-3-2-4-8-14)10-11-16-9-5-6-12-18-16/h2-4,7-8,15-17H,5-6,9-13H2,1H3. The highest BCUT2D eigenvalue weighted by Gasteiger charge is 2.16. The number of ether oxygens (including phenoxy) is 1. The minimum absolute atomic E-state index is 0.505. The lowest BCUT2D eigenvalue weighted by Crippen LogP contribution is -2.30. The third kappa shape index (κ3) is 4.43. The molecule has 1 N–H and O–H groups in total. The molecule has 100 valence electrons. The van der Waals surface area contributed by atoms with Crippen molar-refractivity contribution in [3.8, 4) is 0 Å². The van der Waals surface area contributed by atoms with Crippen LogP contribution in [0.25, 0.3) is 0 Å². The molecule has 2 unspecified atom stereocenters. The van der Waals surface area contributed by atoms with Gasteiger partial charge in [-0.1, -0.05) is 30.3 Å². The molecule has 0 aliphatic carbocycles. The van der Waals surface area contributed by atoms with E-state index in [-0.39, 0.29) is 0 Å². The van der Waals surface area contributed by atoms with E-state index >= 15 is 0 Å². The number of nitrogens with one attached hydrogen (secondary N) is 1. The van der Waals surface area contributed by atoms with Gasteiger partial charge in [-0.2, -0.15) is 0 Å². The molecule has 1 saturated heterocycles. The summed E-state index contributed by atoms with van der Waals surface area (Å²) in [4.78, 5) is 0. The van der Waals surface area contributed by atoms with Gasteiger partial charge in [-0.15, -0.1) is 0 Å². The van der Waals surface area contributed by atoms with Gasteiger partial charge < -0.3 is 10.1 Å². The molecule has 0 saturated carbocycles. The molecule has 2 heteroatoms. The Bertz CT molecular complexity index is 319. The zero-order valence-corrected chi connectivity index (χ0v) is 11.4. The van der Waals surface area contributed by atoms with E-state index in [1.54, 1.807) is 0 Å². The molecule has 0 spiro atoms. The van der Waals surface area contributed by atoms with Gasteiger partial charge in [0.15, 0.2) is 0 Å². The summed E-state index contributed by atoms with van der Waals surface area (Å²) in [5, 5.41) is 3.43. The van der Waals surface area contributed by atoms with Crippen molar-refractivity contribution in [2.75, 3.05) is 13.7 Å². The lowest BCUT2D eigenvalue weighted by atomic mass is 9.97. The SMILES string of the molecule is CNC(CCC1CCCCO1)Cc1ccccc1. The van der Waals surface area contributed by atoms with E-state index in [4.69, 9.17) is 4.74 Å². The third-order valence-electron chi connectivity index (χ3n) is 3.84. The Morgan fingerprint density at radius 2 is 2.11 bits per heavy atom. The first kappa shape index (κ1) is 13.6. The van der Waals surface area contributed by atoms with E-state index in [9.17, 15) is 0 Å². The van der Waals surface area contributed by atoms with E-state index in [1.807, 2.05) is 0 Å². The molecule has 2 nitrogen and oxygen atoms in total. The predicted molar refractivity (Wildman–Crippen MR) is 75.8 cm³/mol. The summed E-state index contributed by atoms with van der Waals surface area (Å²) >= 11 is 0. The van der Waals surface area contributed by atoms with Crippen LogP contribution in [0.15, 0.2) is 30.3 Å². The third-order valence-corrected chi connectivity index (χ3v) is 3.84. The van der Waals surface area contributed by atoms with Crippen LogP contribution in [0.2, 0.25) is 0 Å². The van der Waals surface area contributed by atoms with Gasteiger partial charge in [0.25, 0.3) is 0 Å². The van der Waals surface area contributed by atoms with E-state index in [1.165, 1.54) is 37.7 Å². The molecule has 0 bridgehead atoms. The van der Waals surface area contributed by atoms with Crippen molar-refractivity contribution in [1.29, 1.82) is 0 Å². The first-order valence-electron chi connectivity index (χ1n) is 7.21. The van der Waals surface area contributed by atoms with Crippen LogP contribution in [-0.4, -0.2) is 25.8 Å². The van der Waals surface area contributed by atoms with Crippen LogP contribution >= 0.6 is 0 Å². The highest BCUT2D eigenvalue weighted by Crippen LogP contribution is 2.18. The second-order valence-corrected chi connectivity index (χ2v) is 5.24. The van der Waals surface area contributed by atoms with Crippen molar-refractivity contribution < 1.29 is 4.74 Å². The van der Waals surface area contributed by atoms with Crippen LogP contribution in [0.5, 0.6) is 0 Å². The van der Waals surface area contributed by atoms with Crippen LogP contribution in [0.1, 0.15) is 37.7 Å². The van der Waals surface area contributed by atoms with Crippen LogP contribution in [0.4, 0.5) is 0 Å². The van der Waals surface area contributed by atoms with Gasteiger partial charge in [0, 0.05) is 12.6 Å². The maximum absolute atomic E-state index is 5.80. The van der Waals surface area contributed by atoms with Gasteiger partial charge in [-0.25, -0.2) is 0 Å². The lowest BCUT2D eigenvalue weighted by molar-refractivity contribution is 0.00870. The van der Waals surface area contributed by atoms with Gasteiger partial charge in [0.2, 0.25) is 0 Å². The fourth-order valence-electron chi connectivity index (χ4n) is 2.67. The molecule has 2 atom stereocenters. The summed E-state index contributed by atoms with van der Waals surface area (Å²) in [6, 6.07) is 11.3. The molecule has 1 heterocycles. The Kier molecular flexibility index (Phi) is 5.69. The van der Waals surface area contributed by atoms with Crippen molar-refractivity contribution in [3.05, 3.63) is 35.9 Å². The molecule has 0 amide bonds. The van der Waals surface area contributed by atoms with Crippen molar-refractivity contribution in [2.24, 2.45) is 0 Å². The number of hydrogen-bond acceptors (Lipinski definition) is 2. The van der Waals surface area contributed by atoms with Crippen molar-refractivity contribution >= 4 is 0 Å². The number of likely N-dealkylation sites (N-methyl/N-ethyl adjacent to an activating group) is 1. The van der Waals surface area contributed by atoms with Crippen LogP contribution in [-0.2, 0) is 11.2 Å². The Balaban J connectivity index is 1.75. The topological polar surface area (TPSA) is 21.3 Å². The molecule has 18 heavy (non-hydrogen) atoms. The van der Waals surface area contributed by atoms with Crippen molar-refractivity contribution in [3.63, 3.8) is 0 Å². The molecular formula is C16H25NO. The second kappa shape index (κ2) is 7.55. The lowest BCUT2D eigenvalue weighted by Gasteiger charge is -2.25. The molecule has 1 fully saturated rings. The van der Waals surface area contributed by atoms with Gasteiger partial charge in [0.1, 0.15) is 0 Å². The summed E-state index contributed by atoms with van der Waals surface area (Å²) in [6.45, 7) is 0.966. The summed E-state index contributed by atoms with van der Waals surface area (Å²) in [7, 11) is 2.06. The molecule has 1 aromatic carbocycles. The minimum Gasteiger partial charge on any atom is -0.378 e. The Morgan fingerprint density at radius 1 is 1.28 bits per heavy atom. The smallest absolute Gasteiger partial charge is 0.0575 e. The molecule has 2 rings (SSSR count). The highest BCUT2D eigenvalue weighted by atomic mass is 16.5. The Morgan fingerprint density at radius 3 is 2.78 bits per heavy atom. The molecule has 1 aliphatic heterocycles. The number of rotatable bonds is 6. The first-order chi connectivity index (χ1) is 8.88. The van der Waals surface area contributed by atoms with Crippen molar-refractivity contribution in [1.82, 2.24) is 5.32 Å². The zero-order chi connectivity index (χ0) is 12.6. The monoisotopic (exact) mass is 247 g/mol. The molecule has 0 radical (unpaired) electrons. The Labute approximate surface area is 111 Å². The van der Waals surface area contributed by atoms with E-state index in [0.717, 1.165) is 13.0 Å². The molecular weight excluding hydrogens is 222 g/mol. The molecule has 1 aromatic rings. The number of hydrogen-bond donors (Lipinski definition) is 1. The minimum atomic E-state index is 0.505. The maximum atomic E-state index is 5.80. The first-order valence-corrected chi connectivity index (χ1v) is 7.21. The summed E-state index contributed by atoms with van der Waals surface area (Å²) in [6.07, 6.45) is 7.86. The van der Waals surface area contributed by atoms with Crippen LogP contribution in [0.3, 0.4) is 0 Å². The van der Waals surface area contributed by atoms with Gasteiger partial charge in [-0.3, -0.25) is 0 Å². The summed E-state index contributed by atoms with van der Waals surface area (Å²) in [5.74, 6) is 0. The van der Waals surface area contributed by atoms with Gasteiger partial charge in [-0.05, 0) is 51.1 Å². The fraction of sp³-hybridized carbons (Fsp3) is 0.625. The van der Waals surface area contributed by atoms with E-state index in [2.05, 4.69) is 42.7 Å². The summed E-state index contributed by atoms with van der Waals surface area (Å²) < 4.78 is 5.80. The average Bonchev–Trinajstić information content (AvgIpc) is 2.45. The number of benzene rings is 1. The van der Waals surface area contributed by atoms with E-state index in [0.29, 0.717) is 12.1 Å². The van der Waals surface area contributed by atoms with Crippen LogP contribution in [0, 0.1) is 0 Å². The quantitative estimate of drug-likeness (QED) is 0.833.